The Kier molecular flexibility index (Phi) is 8.18. The van der Waals surface area contributed by atoms with Crippen LogP contribution in [0.2, 0.25) is 0 Å². The maximum atomic E-state index is 8.96. The van der Waals surface area contributed by atoms with Crippen molar-refractivity contribution in [2.45, 2.75) is 51.4 Å². The third-order valence-electron chi connectivity index (χ3n) is 3.24. The van der Waals surface area contributed by atoms with Gasteiger partial charge >= 0.3 is 7.12 Å². The van der Waals surface area contributed by atoms with E-state index in [-0.39, 0.29) is 0 Å². The molecule has 0 saturated heterocycles. The van der Waals surface area contributed by atoms with E-state index in [4.69, 9.17) is 10.0 Å². The normalized spacial score (nSPS) is 10.4. The number of rotatable bonds is 10. The number of aromatic nitrogens is 1. The van der Waals surface area contributed by atoms with Crippen molar-refractivity contribution in [2.75, 3.05) is 0 Å². The van der Waals surface area contributed by atoms with Gasteiger partial charge in [-0.15, -0.1) is 6.58 Å². The van der Waals surface area contributed by atoms with E-state index in [0.29, 0.717) is 5.46 Å². The van der Waals surface area contributed by atoms with E-state index in [9.17, 15) is 0 Å². The van der Waals surface area contributed by atoms with Crippen molar-refractivity contribution in [3.63, 3.8) is 0 Å². The molecule has 0 unspecified atom stereocenters. The van der Waals surface area contributed by atoms with Gasteiger partial charge in [0.15, 0.2) is 0 Å². The van der Waals surface area contributed by atoms with Crippen LogP contribution >= 0.6 is 0 Å². The fourth-order valence-corrected chi connectivity index (χ4v) is 2.04. The minimum absolute atomic E-state index is 0.450. The van der Waals surface area contributed by atoms with Crippen LogP contribution in [0.4, 0.5) is 0 Å². The lowest BCUT2D eigenvalue weighted by Gasteiger charge is -2.03. The number of hydrogen-bond donors (Lipinski definition) is 2. The lowest BCUT2D eigenvalue weighted by atomic mass is 9.81. The van der Waals surface area contributed by atoms with Gasteiger partial charge in [-0.1, -0.05) is 37.8 Å². The summed E-state index contributed by atoms with van der Waals surface area (Å²) in [6.45, 7) is 3.72. The molecule has 2 N–H and O–H groups in total. The molecule has 1 heterocycles. The predicted octanol–water partition coefficient (Wildman–Crippen LogP) is 2.22. The van der Waals surface area contributed by atoms with E-state index in [0.717, 1.165) is 25.0 Å². The summed E-state index contributed by atoms with van der Waals surface area (Å²) in [6, 6.07) is 3.60. The van der Waals surface area contributed by atoms with Crippen LogP contribution in [0.15, 0.2) is 31.0 Å². The highest BCUT2D eigenvalue weighted by Crippen LogP contribution is 2.09. The molecule has 0 amide bonds. The summed E-state index contributed by atoms with van der Waals surface area (Å²) in [7, 11) is -1.42. The second kappa shape index (κ2) is 9.76. The second-order valence-electron chi connectivity index (χ2n) is 4.91. The summed E-state index contributed by atoms with van der Waals surface area (Å²) < 4.78 is 0. The molecular weight excluding hydrogens is 237 g/mol. The van der Waals surface area contributed by atoms with Crippen LogP contribution in [0.5, 0.6) is 0 Å². The first-order valence-corrected chi connectivity index (χ1v) is 7.16. The lowest BCUT2D eigenvalue weighted by molar-refractivity contribution is 0.425. The molecule has 1 aromatic rings. The van der Waals surface area contributed by atoms with Gasteiger partial charge in [0.25, 0.3) is 0 Å². The average Bonchev–Trinajstić information content (AvgIpc) is 2.42. The van der Waals surface area contributed by atoms with Crippen LogP contribution in [0, 0.1) is 0 Å². The first-order chi connectivity index (χ1) is 9.24. The minimum Gasteiger partial charge on any atom is -0.423 e. The summed E-state index contributed by atoms with van der Waals surface area (Å²) in [5.74, 6) is 0. The van der Waals surface area contributed by atoms with Crippen molar-refractivity contribution < 1.29 is 10.0 Å². The molecule has 0 aromatic carbocycles. The van der Waals surface area contributed by atoms with Crippen LogP contribution in [-0.4, -0.2) is 22.2 Å². The average molecular weight is 261 g/mol. The van der Waals surface area contributed by atoms with Crippen LogP contribution in [0.25, 0.3) is 0 Å². The van der Waals surface area contributed by atoms with E-state index in [2.05, 4.69) is 11.6 Å². The molecule has 104 valence electrons. The van der Waals surface area contributed by atoms with Gasteiger partial charge in [-0.25, -0.2) is 0 Å². The molecule has 0 bridgehead atoms. The van der Waals surface area contributed by atoms with E-state index in [1.54, 1.807) is 6.07 Å². The summed E-state index contributed by atoms with van der Waals surface area (Å²) in [5.41, 5.74) is 1.47. The van der Waals surface area contributed by atoms with Crippen LogP contribution < -0.4 is 5.46 Å². The quantitative estimate of drug-likeness (QED) is 0.386. The molecule has 0 aliphatic rings. The number of pyridine rings is 1. The molecule has 0 aliphatic heterocycles. The molecular formula is C15H24BNO2. The zero-order valence-corrected chi connectivity index (χ0v) is 11.6. The Labute approximate surface area is 116 Å². The van der Waals surface area contributed by atoms with Crippen molar-refractivity contribution >= 4 is 12.6 Å². The predicted molar refractivity (Wildman–Crippen MR) is 80.3 cm³/mol. The first-order valence-electron chi connectivity index (χ1n) is 7.16. The Balaban J connectivity index is 2.07. The Morgan fingerprint density at radius 3 is 2.32 bits per heavy atom. The lowest BCUT2D eigenvalue weighted by Crippen LogP contribution is -2.30. The maximum Gasteiger partial charge on any atom is 0.490 e. The van der Waals surface area contributed by atoms with Gasteiger partial charge < -0.3 is 10.0 Å². The van der Waals surface area contributed by atoms with E-state index < -0.39 is 7.12 Å². The van der Waals surface area contributed by atoms with Gasteiger partial charge in [-0.3, -0.25) is 4.98 Å². The minimum atomic E-state index is -1.42. The number of allylic oxidation sites excluding steroid dienone is 1. The van der Waals surface area contributed by atoms with Gasteiger partial charge in [-0.2, -0.15) is 0 Å². The molecule has 0 spiro atoms. The van der Waals surface area contributed by atoms with Crippen molar-refractivity contribution in [1.29, 1.82) is 0 Å². The maximum absolute atomic E-state index is 8.96. The fourth-order valence-electron chi connectivity index (χ4n) is 2.04. The molecule has 3 nitrogen and oxygen atoms in total. The third kappa shape index (κ3) is 7.14. The number of unbranched alkanes of at least 4 members (excludes halogenated alkanes) is 6. The summed E-state index contributed by atoms with van der Waals surface area (Å²) in [5, 5.41) is 17.9. The Hall–Kier alpha value is -1.13. The van der Waals surface area contributed by atoms with Gasteiger partial charge in [-0.05, 0) is 31.7 Å². The van der Waals surface area contributed by atoms with E-state index in [1.807, 2.05) is 12.1 Å². The van der Waals surface area contributed by atoms with E-state index in [1.165, 1.54) is 38.3 Å². The second-order valence-corrected chi connectivity index (χ2v) is 4.91. The summed E-state index contributed by atoms with van der Waals surface area (Å²) in [6.07, 6.45) is 13.1. The van der Waals surface area contributed by atoms with Crippen molar-refractivity contribution in [3.05, 3.63) is 36.7 Å². The van der Waals surface area contributed by atoms with Gasteiger partial charge in [0.2, 0.25) is 0 Å². The van der Waals surface area contributed by atoms with Gasteiger partial charge in [0, 0.05) is 17.4 Å². The zero-order chi connectivity index (χ0) is 13.9. The number of nitrogens with zero attached hydrogens (tertiary/aromatic N) is 1. The van der Waals surface area contributed by atoms with Crippen LogP contribution in [0.1, 0.15) is 50.6 Å². The summed E-state index contributed by atoms with van der Waals surface area (Å²) >= 11 is 0. The van der Waals surface area contributed by atoms with Crippen molar-refractivity contribution in [2.24, 2.45) is 0 Å². The molecule has 0 radical (unpaired) electrons. The van der Waals surface area contributed by atoms with Gasteiger partial charge in [0.1, 0.15) is 0 Å². The van der Waals surface area contributed by atoms with Crippen molar-refractivity contribution in [1.82, 2.24) is 4.98 Å². The SMILES string of the molecule is C=CCCCCCCCCc1ccc(B(O)O)cn1. The largest absolute Gasteiger partial charge is 0.490 e. The molecule has 4 heteroatoms. The monoisotopic (exact) mass is 261 g/mol. The van der Waals surface area contributed by atoms with Crippen LogP contribution in [0.3, 0.4) is 0 Å². The van der Waals surface area contributed by atoms with E-state index >= 15 is 0 Å². The molecule has 0 fully saturated rings. The summed E-state index contributed by atoms with van der Waals surface area (Å²) in [4.78, 5) is 4.23. The third-order valence-corrected chi connectivity index (χ3v) is 3.24. The Bertz CT molecular complexity index is 352. The number of hydrogen-bond acceptors (Lipinski definition) is 3. The zero-order valence-electron chi connectivity index (χ0n) is 11.6. The highest BCUT2D eigenvalue weighted by Gasteiger charge is 2.10. The Morgan fingerprint density at radius 1 is 1.05 bits per heavy atom. The molecule has 1 aromatic heterocycles. The Morgan fingerprint density at radius 2 is 1.74 bits per heavy atom. The van der Waals surface area contributed by atoms with Gasteiger partial charge in [0.05, 0.1) is 0 Å². The van der Waals surface area contributed by atoms with Crippen molar-refractivity contribution in [3.8, 4) is 0 Å². The molecule has 1 rings (SSSR count). The molecule has 0 aliphatic carbocycles. The highest BCUT2D eigenvalue weighted by atomic mass is 16.4. The molecule has 0 atom stereocenters. The standard InChI is InChI=1S/C15H24BNO2/c1-2-3-4-5-6-7-8-9-10-15-12-11-14(13-17-15)16(18)19/h2,11-13,18-19H,1,3-10H2. The fraction of sp³-hybridized carbons (Fsp3) is 0.533. The topological polar surface area (TPSA) is 53.4 Å². The smallest absolute Gasteiger partial charge is 0.423 e. The molecule has 19 heavy (non-hydrogen) atoms. The first kappa shape index (κ1) is 15.9. The van der Waals surface area contributed by atoms with Crippen LogP contribution in [-0.2, 0) is 6.42 Å². The molecule has 0 saturated carbocycles. The highest BCUT2D eigenvalue weighted by molar-refractivity contribution is 6.58. The number of aryl methyl sites for hydroxylation is 1.